The van der Waals surface area contributed by atoms with E-state index in [-0.39, 0.29) is 6.29 Å². The van der Waals surface area contributed by atoms with E-state index in [0.717, 1.165) is 32.5 Å². The Kier molecular flexibility index (Phi) is 4.91. The largest absolute Gasteiger partial charge is 0.350 e. The molecule has 2 nitrogen and oxygen atoms in total. The minimum atomic E-state index is -0.00363. The van der Waals surface area contributed by atoms with Gasteiger partial charge in [-0.3, -0.25) is 0 Å². The highest BCUT2D eigenvalue weighted by Crippen LogP contribution is 2.15. The summed E-state index contributed by atoms with van der Waals surface area (Å²) in [6, 6.07) is 0. The highest BCUT2D eigenvalue weighted by Gasteiger charge is 2.15. The molecule has 14 heavy (non-hydrogen) atoms. The molecule has 0 atom stereocenters. The molecule has 0 amide bonds. The van der Waals surface area contributed by atoms with Crippen LogP contribution in [0, 0.1) is 0 Å². The van der Waals surface area contributed by atoms with Gasteiger partial charge in [-0.05, 0) is 26.7 Å². The molecular weight excluding hydrogens is 176 g/mol. The lowest BCUT2D eigenvalue weighted by Gasteiger charge is -2.08. The zero-order valence-electron chi connectivity index (χ0n) is 9.21. The molecule has 0 bridgehead atoms. The molecule has 0 spiro atoms. The van der Waals surface area contributed by atoms with Gasteiger partial charge in [-0.15, -0.1) is 6.58 Å². The van der Waals surface area contributed by atoms with Crippen LogP contribution in [0.4, 0.5) is 0 Å². The van der Waals surface area contributed by atoms with E-state index in [1.165, 1.54) is 11.1 Å². The average molecular weight is 196 g/mol. The zero-order chi connectivity index (χ0) is 10.4. The fourth-order valence-electron chi connectivity index (χ4n) is 1.44. The Morgan fingerprint density at radius 2 is 2.00 bits per heavy atom. The third kappa shape index (κ3) is 4.58. The molecule has 0 aromatic heterocycles. The molecule has 0 saturated carbocycles. The van der Waals surface area contributed by atoms with Gasteiger partial charge < -0.3 is 9.47 Å². The van der Waals surface area contributed by atoms with E-state index in [1.807, 2.05) is 0 Å². The van der Waals surface area contributed by atoms with Crippen LogP contribution in [0.15, 0.2) is 23.8 Å². The Hall–Kier alpha value is -0.600. The first-order valence-electron chi connectivity index (χ1n) is 5.21. The second kappa shape index (κ2) is 5.99. The van der Waals surface area contributed by atoms with Crippen molar-refractivity contribution in [3.8, 4) is 0 Å². The van der Waals surface area contributed by atoms with Gasteiger partial charge in [0, 0.05) is 6.42 Å². The molecule has 1 saturated heterocycles. The third-order valence-electron chi connectivity index (χ3n) is 2.24. The Labute approximate surface area is 86.6 Å². The van der Waals surface area contributed by atoms with Crippen LogP contribution in [0.2, 0.25) is 0 Å². The van der Waals surface area contributed by atoms with Gasteiger partial charge in [0.15, 0.2) is 6.29 Å². The lowest BCUT2D eigenvalue weighted by molar-refractivity contribution is -0.0399. The van der Waals surface area contributed by atoms with Crippen LogP contribution < -0.4 is 0 Å². The summed E-state index contributed by atoms with van der Waals surface area (Å²) in [6.07, 6.45) is 5.30. The summed E-state index contributed by atoms with van der Waals surface area (Å²) in [6.45, 7) is 9.55. The van der Waals surface area contributed by atoms with Crippen LogP contribution in [-0.4, -0.2) is 19.5 Å². The van der Waals surface area contributed by atoms with E-state index in [9.17, 15) is 0 Å². The second-order valence-corrected chi connectivity index (χ2v) is 3.92. The van der Waals surface area contributed by atoms with Crippen molar-refractivity contribution in [1.29, 1.82) is 0 Å². The highest BCUT2D eigenvalue weighted by atomic mass is 16.7. The maximum Gasteiger partial charge on any atom is 0.161 e. The Balaban J connectivity index is 2.18. The predicted molar refractivity (Wildman–Crippen MR) is 58.1 cm³/mol. The molecule has 0 unspecified atom stereocenters. The van der Waals surface area contributed by atoms with Crippen molar-refractivity contribution in [2.24, 2.45) is 0 Å². The van der Waals surface area contributed by atoms with E-state index >= 15 is 0 Å². The lowest BCUT2D eigenvalue weighted by Crippen LogP contribution is -2.07. The standard InChI is InChI=1S/C12H20O2/c1-10(2)5-4-6-11(3)9-12-13-7-8-14-12/h6,12H,1,4-5,7-9H2,2-3H3. The maximum absolute atomic E-state index is 5.37. The van der Waals surface area contributed by atoms with Crippen molar-refractivity contribution in [1.82, 2.24) is 0 Å². The summed E-state index contributed by atoms with van der Waals surface area (Å²) >= 11 is 0. The normalized spacial score (nSPS) is 18.9. The van der Waals surface area contributed by atoms with Gasteiger partial charge in [-0.25, -0.2) is 0 Å². The smallest absolute Gasteiger partial charge is 0.161 e. The first kappa shape index (κ1) is 11.5. The molecule has 0 aliphatic carbocycles. The van der Waals surface area contributed by atoms with Crippen molar-refractivity contribution in [2.45, 2.75) is 39.4 Å². The van der Waals surface area contributed by atoms with Gasteiger partial charge in [0.2, 0.25) is 0 Å². The molecule has 1 heterocycles. The number of hydrogen-bond acceptors (Lipinski definition) is 2. The van der Waals surface area contributed by atoms with Gasteiger partial charge in [0.25, 0.3) is 0 Å². The Morgan fingerprint density at radius 3 is 2.57 bits per heavy atom. The summed E-state index contributed by atoms with van der Waals surface area (Å²) in [7, 11) is 0. The van der Waals surface area contributed by atoms with Gasteiger partial charge in [-0.2, -0.15) is 0 Å². The van der Waals surface area contributed by atoms with Crippen molar-refractivity contribution >= 4 is 0 Å². The minimum absolute atomic E-state index is 0.00363. The summed E-state index contributed by atoms with van der Waals surface area (Å²) in [5.74, 6) is 0. The molecule has 0 aromatic rings. The van der Waals surface area contributed by atoms with E-state index in [1.54, 1.807) is 0 Å². The molecule has 1 rings (SSSR count). The Morgan fingerprint density at radius 1 is 1.36 bits per heavy atom. The molecule has 1 aliphatic heterocycles. The Bertz CT molecular complexity index is 212. The fourth-order valence-corrected chi connectivity index (χ4v) is 1.44. The zero-order valence-corrected chi connectivity index (χ0v) is 9.21. The molecule has 0 N–H and O–H groups in total. The van der Waals surface area contributed by atoms with Crippen LogP contribution in [0.1, 0.15) is 33.1 Å². The van der Waals surface area contributed by atoms with Crippen LogP contribution in [0.5, 0.6) is 0 Å². The molecule has 1 fully saturated rings. The van der Waals surface area contributed by atoms with Gasteiger partial charge in [0.1, 0.15) is 0 Å². The predicted octanol–water partition coefficient (Wildman–Crippen LogP) is 3.05. The van der Waals surface area contributed by atoms with Crippen molar-refractivity contribution in [2.75, 3.05) is 13.2 Å². The number of rotatable bonds is 5. The summed E-state index contributed by atoms with van der Waals surface area (Å²) in [4.78, 5) is 0. The van der Waals surface area contributed by atoms with E-state index in [4.69, 9.17) is 9.47 Å². The number of ether oxygens (including phenoxy) is 2. The van der Waals surface area contributed by atoms with Crippen molar-refractivity contribution in [3.05, 3.63) is 23.8 Å². The maximum atomic E-state index is 5.37. The SMILES string of the molecule is C=C(C)CCC=C(C)CC1OCCO1. The molecule has 0 radical (unpaired) electrons. The van der Waals surface area contributed by atoms with Crippen LogP contribution in [-0.2, 0) is 9.47 Å². The van der Waals surface area contributed by atoms with Gasteiger partial charge in [0.05, 0.1) is 13.2 Å². The highest BCUT2D eigenvalue weighted by molar-refractivity contribution is 5.01. The fraction of sp³-hybridized carbons (Fsp3) is 0.667. The molecule has 1 aliphatic rings. The number of hydrogen-bond donors (Lipinski definition) is 0. The molecular formula is C12H20O2. The average Bonchev–Trinajstić information content (AvgIpc) is 2.56. The monoisotopic (exact) mass is 196 g/mol. The van der Waals surface area contributed by atoms with E-state index < -0.39 is 0 Å². The first-order chi connectivity index (χ1) is 6.68. The van der Waals surface area contributed by atoms with E-state index in [2.05, 4.69) is 26.5 Å². The summed E-state index contributed by atoms with van der Waals surface area (Å²) in [5, 5.41) is 0. The van der Waals surface area contributed by atoms with Gasteiger partial charge in [-0.1, -0.05) is 17.2 Å². The van der Waals surface area contributed by atoms with Crippen molar-refractivity contribution in [3.63, 3.8) is 0 Å². The number of allylic oxidation sites excluding steroid dienone is 2. The quantitative estimate of drug-likeness (QED) is 0.629. The molecule has 80 valence electrons. The minimum Gasteiger partial charge on any atom is -0.350 e. The lowest BCUT2D eigenvalue weighted by atomic mass is 10.1. The molecule has 2 heteroatoms. The summed E-state index contributed by atoms with van der Waals surface area (Å²) < 4.78 is 10.7. The van der Waals surface area contributed by atoms with E-state index in [0.29, 0.717) is 0 Å². The summed E-state index contributed by atoms with van der Waals surface area (Å²) in [5.41, 5.74) is 2.58. The van der Waals surface area contributed by atoms with Crippen LogP contribution in [0.25, 0.3) is 0 Å². The van der Waals surface area contributed by atoms with Crippen LogP contribution in [0.3, 0.4) is 0 Å². The second-order valence-electron chi connectivity index (χ2n) is 3.92. The first-order valence-corrected chi connectivity index (χ1v) is 5.21. The van der Waals surface area contributed by atoms with Gasteiger partial charge >= 0.3 is 0 Å². The topological polar surface area (TPSA) is 18.5 Å². The van der Waals surface area contributed by atoms with Crippen LogP contribution >= 0.6 is 0 Å². The van der Waals surface area contributed by atoms with Crippen molar-refractivity contribution < 1.29 is 9.47 Å². The molecule has 0 aromatic carbocycles. The third-order valence-corrected chi connectivity index (χ3v) is 2.24.